The topological polar surface area (TPSA) is 120 Å². The molecule has 124 valence electrons. The molecule has 1 fully saturated rings. The summed E-state index contributed by atoms with van der Waals surface area (Å²) in [6, 6.07) is 1.00. The van der Waals surface area contributed by atoms with Crippen molar-refractivity contribution in [2.24, 2.45) is 0 Å². The minimum Gasteiger partial charge on any atom is -0.391 e. The van der Waals surface area contributed by atoms with Crippen LogP contribution in [0.5, 0.6) is 0 Å². The molecule has 0 aliphatic carbocycles. The molecule has 1 saturated heterocycles. The summed E-state index contributed by atoms with van der Waals surface area (Å²) in [7, 11) is -1.74. The Balaban J connectivity index is 2.45. The zero-order valence-corrected chi connectivity index (χ0v) is 13.2. The van der Waals surface area contributed by atoms with Crippen LogP contribution >= 0.6 is 19.5 Å². The van der Waals surface area contributed by atoms with Crippen molar-refractivity contribution in [1.29, 1.82) is 0 Å². The molecule has 2 heterocycles. The van der Waals surface area contributed by atoms with Crippen molar-refractivity contribution < 1.29 is 28.1 Å². The highest BCUT2D eigenvalue weighted by Crippen LogP contribution is 2.45. The number of nitrogens with one attached hydrogen (secondary N) is 1. The van der Waals surface area contributed by atoms with Gasteiger partial charge in [-0.15, -0.1) is 0 Å². The molecule has 9 nitrogen and oxygen atoms in total. The smallest absolute Gasteiger partial charge is 0.330 e. The molecule has 12 heteroatoms. The van der Waals surface area contributed by atoms with E-state index in [9.17, 15) is 23.7 Å². The number of halogens is 1. The molecule has 0 bridgehead atoms. The molecule has 2 N–H and O–H groups in total. The molecule has 2 rings (SSSR count). The van der Waals surface area contributed by atoms with Gasteiger partial charge in [-0.25, -0.2) is 9.18 Å². The average molecular weight is 356 g/mol. The van der Waals surface area contributed by atoms with Crippen molar-refractivity contribution in [3.05, 3.63) is 33.1 Å². The molecule has 2 unspecified atom stereocenters. The molecule has 0 radical (unpaired) electrons. The summed E-state index contributed by atoms with van der Waals surface area (Å²) in [5.74, 6) is -1.96. The van der Waals surface area contributed by atoms with Gasteiger partial charge in [0.05, 0.1) is 0 Å². The lowest BCUT2D eigenvalue weighted by atomic mass is 10.1. The van der Waals surface area contributed by atoms with Gasteiger partial charge in [0.1, 0.15) is 6.61 Å². The van der Waals surface area contributed by atoms with Crippen molar-refractivity contribution in [1.82, 2.24) is 9.55 Å². The quantitative estimate of drug-likeness (QED) is 0.478. The predicted octanol–water partition coefficient (Wildman–Crippen LogP) is -0.557. The normalized spacial score (nSPS) is 33.0. The van der Waals surface area contributed by atoms with E-state index in [1.54, 1.807) is 0 Å². The fourth-order valence-corrected chi connectivity index (χ4v) is 3.05. The summed E-state index contributed by atoms with van der Waals surface area (Å²) in [6.45, 7) is -0.813. The summed E-state index contributed by atoms with van der Waals surface area (Å²) < 4.78 is 41.7. The van der Waals surface area contributed by atoms with Crippen LogP contribution in [0.25, 0.3) is 0 Å². The molecule has 0 amide bonds. The molecule has 0 aromatic carbocycles. The molecule has 22 heavy (non-hydrogen) atoms. The van der Waals surface area contributed by atoms with E-state index in [4.69, 9.17) is 14.0 Å². The SMILES string of the molecule is CO[C@]1(CO)O[C@@H](n2ccc(=O)[nH]c2=O)[C@@H](F)C1O[PH](=O)S. The van der Waals surface area contributed by atoms with E-state index in [0.717, 1.165) is 23.9 Å². The van der Waals surface area contributed by atoms with E-state index in [0.29, 0.717) is 0 Å². The van der Waals surface area contributed by atoms with E-state index >= 15 is 0 Å². The Labute approximate surface area is 129 Å². The number of methoxy groups -OCH3 is 1. The summed E-state index contributed by atoms with van der Waals surface area (Å²) in [5.41, 5.74) is -1.58. The van der Waals surface area contributed by atoms with Gasteiger partial charge in [-0.2, -0.15) is 0 Å². The first-order valence-corrected chi connectivity index (χ1v) is 8.64. The predicted molar refractivity (Wildman–Crippen MR) is 76.0 cm³/mol. The lowest BCUT2D eigenvalue weighted by Crippen LogP contribution is -2.47. The third-order valence-electron chi connectivity index (χ3n) is 3.23. The monoisotopic (exact) mass is 356 g/mol. The van der Waals surface area contributed by atoms with Crippen LogP contribution in [0.2, 0.25) is 0 Å². The first kappa shape index (κ1) is 17.4. The number of rotatable bonds is 5. The third kappa shape index (κ3) is 3.05. The number of H-pyrrole nitrogens is 1. The molecule has 1 aliphatic rings. The van der Waals surface area contributed by atoms with Gasteiger partial charge in [0.25, 0.3) is 5.56 Å². The Morgan fingerprint density at radius 2 is 2.32 bits per heavy atom. The number of hydrogen-bond acceptors (Lipinski definition) is 7. The zero-order valence-electron chi connectivity index (χ0n) is 11.3. The number of hydrogen-bond donors (Lipinski definition) is 3. The molecular formula is C10H14FN2O7PS. The number of aromatic nitrogens is 2. The Hall–Kier alpha value is -0.970. The van der Waals surface area contributed by atoms with Crippen LogP contribution in [0.15, 0.2) is 21.9 Å². The van der Waals surface area contributed by atoms with Gasteiger partial charge in [0.15, 0.2) is 18.5 Å². The van der Waals surface area contributed by atoms with Gasteiger partial charge < -0.3 is 19.1 Å². The summed E-state index contributed by atoms with van der Waals surface area (Å²) in [5, 5.41) is 9.44. The van der Waals surface area contributed by atoms with Crippen LogP contribution in [-0.4, -0.2) is 46.4 Å². The maximum absolute atomic E-state index is 14.6. The van der Waals surface area contributed by atoms with Gasteiger partial charge in [0.2, 0.25) is 13.0 Å². The lowest BCUT2D eigenvalue weighted by molar-refractivity contribution is -0.265. The minimum atomic E-state index is -2.87. The number of aliphatic hydroxyl groups excluding tert-OH is 1. The number of aliphatic hydroxyl groups is 1. The summed E-state index contributed by atoms with van der Waals surface area (Å²) in [4.78, 5) is 24.7. The Kier molecular flexibility index (Phi) is 5.25. The fourth-order valence-electron chi connectivity index (χ4n) is 2.19. The van der Waals surface area contributed by atoms with Crippen LogP contribution < -0.4 is 11.2 Å². The standard InChI is InChI=1S/C10H14FN2O7PS/c1-18-10(4-14)7(20-21(17)22)6(11)8(19-10)13-3-2-5(15)12-9(13)16/h2-3,6-8,14,21H,4H2,1H3,(H,17,22)(H,12,15,16)/t6-,7?,8+,10+/m0/s1. The highest BCUT2D eigenvalue weighted by molar-refractivity contribution is 8.39. The van der Waals surface area contributed by atoms with E-state index in [1.807, 2.05) is 4.98 Å². The van der Waals surface area contributed by atoms with E-state index in [2.05, 4.69) is 12.2 Å². The second-order valence-corrected chi connectivity index (χ2v) is 6.31. The maximum Gasteiger partial charge on any atom is 0.330 e. The van der Waals surface area contributed by atoms with Crippen LogP contribution in [0.3, 0.4) is 0 Å². The summed E-state index contributed by atoms with van der Waals surface area (Å²) in [6.07, 6.45) is -4.09. The first-order valence-electron chi connectivity index (χ1n) is 6.03. The average Bonchev–Trinajstić information content (AvgIpc) is 2.73. The van der Waals surface area contributed by atoms with Crippen molar-refractivity contribution in [3.63, 3.8) is 0 Å². The van der Waals surface area contributed by atoms with Gasteiger partial charge in [-0.1, -0.05) is 12.2 Å². The molecular weight excluding hydrogens is 342 g/mol. The van der Waals surface area contributed by atoms with Crippen LogP contribution in [0.4, 0.5) is 4.39 Å². The number of ether oxygens (including phenoxy) is 2. The number of aromatic amines is 1. The number of alkyl halides is 1. The molecule has 0 saturated carbocycles. The van der Waals surface area contributed by atoms with Gasteiger partial charge in [0, 0.05) is 19.4 Å². The zero-order chi connectivity index (χ0) is 16.5. The van der Waals surface area contributed by atoms with Crippen molar-refractivity contribution in [2.75, 3.05) is 13.7 Å². The van der Waals surface area contributed by atoms with Crippen LogP contribution in [0.1, 0.15) is 6.23 Å². The Morgan fingerprint density at radius 3 is 2.82 bits per heavy atom. The number of thiol groups is 1. The van der Waals surface area contributed by atoms with Crippen molar-refractivity contribution >= 4 is 19.5 Å². The van der Waals surface area contributed by atoms with Gasteiger partial charge in [-0.05, 0) is 0 Å². The number of nitrogens with zero attached hydrogens (tertiary/aromatic N) is 1. The molecule has 5 atom stereocenters. The van der Waals surface area contributed by atoms with Gasteiger partial charge in [-0.3, -0.25) is 18.9 Å². The van der Waals surface area contributed by atoms with Crippen LogP contribution in [0, 0.1) is 0 Å². The van der Waals surface area contributed by atoms with Gasteiger partial charge >= 0.3 is 5.69 Å². The van der Waals surface area contributed by atoms with E-state index < -0.39 is 49.4 Å². The fraction of sp³-hybridized carbons (Fsp3) is 0.600. The highest BCUT2D eigenvalue weighted by atomic mass is 32.7. The van der Waals surface area contributed by atoms with Crippen molar-refractivity contribution in [3.8, 4) is 0 Å². The molecule has 1 aromatic rings. The van der Waals surface area contributed by atoms with E-state index in [1.165, 1.54) is 0 Å². The molecule has 1 aromatic heterocycles. The van der Waals surface area contributed by atoms with Crippen LogP contribution in [-0.2, 0) is 18.6 Å². The minimum absolute atomic E-state index is 0.664. The molecule has 1 aliphatic heterocycles. The maximum atomic E-state index is 14.6. The van der Waals surface area contributed by atoms with E-state index in [-0.39, 0.29) is 0 Å². The largest absolute Gasteiger partial charge is 0.391 e. The summed E-state index contributed by atoms with van der Waals surface area (Å²) >= 11 is 3.57. The Morgan fingerprint density at radius 1 is 1.64 bits per heavy atom. The Bertz CT molecular complexity index is 676. The first-order chi connectivity index (χ1) is 10.3. The lowest BCUT2D eigenvalue weighted by Gasteiger charge is -2.29. The second kappa shape index (κ2) is 6.65. The van der Waals surface area contributed by atoms with Crippen molar-refractivity contribution in [2.45, 2.75) is 24.3 Å². The third-order valence-corrected chi connectivity index (χ3v) is 4.01. The highest BCUT2D eigenvalue weighted by Gasteiger charge is 2.58. The second-order valence-electron chi connectivity index (χ2n) is 4.45. The molecule has 0 spiro atoms.